The number of hydrogen-bond donors (Lipinski definition) is 0. The molecule has 0 N–H and O–H groups in total. The number of aromatic nitrogens is 1. The molecule has 1 fully saturated rings. The van der Waals surface area contributed by atoms with Gasteiger partial charge in [0.15, 0.2) is 11.6 Å². The van der Waals surface area contributed by atoms with Crippen LogP contribution in [-0.4, -0.2) is 35.8 Å². The lowest BCUT2D eigenvalue weighted by molar-refractivity contribution is -0.0799. The van der Waals surface area contributed by atoms with Gasteiger partial charge in [-0.2, -0.15) is 0 Å². The van der Waals surface area contributed by atoms with Crippen molar-refractivity contribution < 1.29 is 18.4 Å². The van der Waals surface area contributed by atoms with Gasteiger partial charge in [0.2, 0.25) is 0 Å². The minimum Gasteiger partial charge on any atom is -0.399 e. The summed E-state index contributed by atoms with van der Waals surface area (Å²) in [7, 11) is 1.44. The molecule has 2 aromatic heterocycles. The van der Waals surface area contributed by atoms with Gasteiger partial charge >= 0.3 is 0 Å². The van der Waals surface area contributed by atoms with E-state index in [1.807, 2.05) is 18.5 Å². The minimum absolute atomic E-state index is 0.203. The topological polar surface area (TPSA) is 47.0 Å². The number of hydrogen-bond acceptors (Lipinski definition) is 6. The van der Waals surface area contributed by atoms with Crippen molar-refractivity contribution in [3.63, 3.8) is 0 Å². The molecule has 2 aliphatic heterocycles. The Morgan fingerprint density at radius 2 is 2.03 bits per heavy atom. The van der Waals surface area contributed by atoms with Crippen LogP contribution in [0.1, 0.15) is 39.3 Å². The summed E-state index contributed by atoms with van der Waals surface area (Å²) in [5.41, 5.74) is 3.25. The van der Waals surface area contributed by atoms with Crippen LogP contribution in [0.2, 0.25) is 0 Å². The van der Waals surface area contributed by atoms with Crippen LogP contribution in [-0.2, 0) is 28.3 Å². The van der Waals surface area contributed by atoms with Gasteiger partial charge in [-0.15, -0.1) is 11.3 Å². The van der Waals surface area contributed by atoms with Gasteiger partial charge in [0.25, 0.3) is 0 Å². The predicted molar refractivity (Wildman–Crippen MR) is 119 cm³/mol. The van der Waals surface area contributed by atoms with E-state index in [0.717, 1.165) is 49.5 Å². The lowest BCUT2D eigenvalue weighted by atomic mass is 9.85. The number of piperidine rings is 1. The molecule has 3 aromatic rings. The van der Waals surface area contributed by atoms with Crippen LogP contribution >= 0.6 is 11.3 Å². The van der Waals surface area contributed by atoms with E-state index in [2.05, 4.69) is 27.2 Å². The van der Waals surface area contributed by atoms with Gasteiger partial charge in [-0.3, -0.25) is 9.88 Å². The molecule has 4 heterocycles. The summed E-state index contributed by atoms with van der Waals surface area (Å²) in [4.78, 5) is 13.7. The maximum Gasteiger partial charge on any atom is 0.159 e. The van der Waals surface area contributed by atoms with E-state index >= 15 is 0 Å². The monoisotopic (exact) mass is 455 g/mol. The Hall–Kier alpha value is -2.68. The summed E-state index contributed by atoms with van der Waals surface area (Å²) in [6.07, 6.45) is 5.66. The van der Waals surface area contributed by atoms with Gasteiger partial charge in [0, 0.05) is 48.0 Å². The lowest BCUT2D eigenvalue weighted by Gasteiger charge is -2.39. The fourth-order valence-corrected chi connectivity index (χ4v) is 5.58. The molecule has 0 amide bonds. The van der Waals surface area contributed by atoms with Crippen molar-refractivity contribution >= 4 is 17.0 Å². The quantitative estimate of drug-likeness (QED) is 0.408. The van der Waals surface area contributed by atoms with Gasteiger partial charge < -0.3 is 9.57 Å². The molecule has 166 valence electrons. The average molecular weight is 456 g/mol. The number of likely N-dealkylation sites (tertiary alicyclic amines) is 1. The zero-order valence-corrected chi connectivity index (χ0v) is 18.5. The molecular weight excluding hydrogens is 432 g/mol. The Kier molecular flexibility index (Phi) is 5.75. The summed E-state index contributed by atoms with van der Waals surface area (Å²) < 4.78 is 33.3. The van der Waals surface area contributed by atoms with Crippen LogP contribution in [0.5, 0.6) is 0 Å². The molecule has 0 radical (unpaired) electrons. The first-order valence-corrected chi connectivity index (χ1v) is 11.3. The number of benzene rings is 1. The molecule has 1 spiro atoms. The molecule has 2 aliphatic rings. The van der Waals surface area contributed by atoms with Crippen LogP contribution in [0.4, 0.5) is 8.78 Å². The van der Waals surface area contributed by atoms with Crippen molar-refractivity contribution in [2.75, 3.05) is 20.2 Å². The van der Waals surface area contributed by atoms with E-state index in [0.29, 0.717) is 17.9 Å². The molecule has 0 bridgehead atoms. The lowest BCUT2D eigenvalue weighted by Crippen LogP contribution is -2.42. The number of fused-ring (bicyclic) bond motifs is 2. The van der Waals surface area contributed by atoms with Gasteiger partial charge in [-0.05, 0) is 54.8 Å². The fourth-order valence-electron chi connectivity index (χ4n) is 4.52. The maximum atomic E-state index is 13.7. The van der Waals surface area contributed by atoms with E-state index in [1.54, 1.807) is 11.3 Å². The van der Waals surface area contributed by atoms with E-state index in [4.69, 9.17) is 9.57 Å². The molecule has 5 nitrogen and oxygen atoms in total. The SMILES string of the molecule is CON=C(c1ccc(F)c(F)c1)c1ccc(CN2CCC3(CC2)OCc2ccncc23)s1. The fraction of sp³-hybridized carbons (Fsp3) is 0.333. The molecule has 32 heavy (non-hydrogen) atoms. The summed E-state index contributed by atoms with van der Waals surface area (Å²) in [6.45, 7) is 3.35. The normalized spacial score (nSPS) is 18.2. The summed E-state index contributed by atoms with van der Waals surface area (Å²) in [5, 5.41) is 4.07. The van der Waals surface area contributed by atoms with Gasteiger partial charge in [-0.25, -0.2) is 8.78 Å². The summed E-state index contributed by atoms with van der Waals surface area (Å²) in [5.74, 6) is -1.79. The molecule has 0 atom stereocenters. The first-order valence-electron chi connectivity index (χ1n) is 10.5. The zero-order chi connectivity index (χ0) is 22.1. The number of nitrogens with zero attached hydrogens (tertiary/aromatic N) is 3. The van der Waals surface area contributed by atoms with Gasteiger partial charge in [0.1, 0.15) is 12.8 Å². The molecule has 0 unspecified atom stereocenters. The summed E-state index contributed by atoms with van der Waals surface area (Å²) >= 11 is 1.58. The number of pyridine rings is 1. The molecule has 5 rings (SSSR count). The Balaban J connectivity index is 1.28. The highest BCUT2D eigenvalue weighted by atomic mass is 32.1. The van der Waals surface area contributed by atoms with Crippen molar-refractivity contribution in [3.8, 4) is 0 Å². The third kappa shape index (κ3) is 3.94. The van der Waals surface area contributed by atoms with Crippen molar-refractivity contribution in [1.82, 2.24) is 9.88 Å². The van der Waals surface area contributed by atoms with Crippen LogP contribution in [0.3, 0.4) is 0 Å². The van der Waals surface area contributed by atoms with E-state index < -0.39 is 11.6 Å². The first-order chi connectivity index (χ1) is 15.6. The summed E-state index contributed by atoms with van der Waals surface area (Å²) in [6, 6.07) is 9.81. The number of oxime groups is 1. The number of ether oxygens (including phenoxy) is 1. The standard InChI is InChI=1S/C24H23F2N3O2S/c1-30-28-23(16-2-4-20(25)21(26)12-16)22-5-3-18(32-22)14-29-10-7-24(8-11-29)19-13-27-9-6-17(19)15-31-24/h2-6,9,12-13H,7-8,10-11,14-15H2,1H3. The molecule has 1 saturated heterocycles. The Morgan fingerprint density at radius 1 is 1.19 bits per heavy atom. The largest absolute Gasteiger partial charge is 0.399 e. The van der Waals surface area contributed by atoms with Crippen LogP contribution in [0, 0.1) is 11.6 Å². The highest BCUT2D eigenvalue weighted by Gasteiger charge is 2.42. The van der Waals surface area contributed by atoms with E-state index in [1.165, 1.54) is 29.2 Å². The Morgan fingerprint density at radius 3 is 2.81 bits per heavy atom. The Bertz CT molecular complexity index is 1160. The first kappa shape index (κ1) is 21.2. The second-order valence-electron chi connectivity index (χ2n) is 8.11. The average Bonchev–Trinajstić information content (AvgIpc) is 3.41. The maximum absolute atomic E-state index is 13.7. The number of halogens is 2. The van der Waals surface area contributed by atoms with Crippen molar-refractivity contribution in [1.29, 1.82) is 0 Å². The van der Waals surface area contributed by atoms with Gasteiger partial charge in [0.05, 0.1) is 17.1 Å². The zero-order valence-electron chi connectivity index (χ0n) is 17.7. The minimum atomic E-state index is -0.906. The molecule has 8 heteroatoms. The van der Waals surface area contributed by atoms with Crippen molar-refractivity contribution in [2.45, 2.75) is 31.6 Å². The highest BCUT2D eigenvalue weighted by Crippen LogP contribution is 2.43. The molecule has 0 saturated carbocycles. The second-order valence-corrected chi connectivity index (χ2v) is 9.28. The predicted octanol–water partition coefficient (Wildman–Crippen LogP) is 4.84. The van der Waals surface area contributed by atoms with Crippen LogP contribution < -0.4 is 0 Å². The van der Waals surface area contributed by atoms with Crippen LogP contribution in [0.25, 0.3) is 0 Å². The van der Waals surface area contributed by atoms with E-state index in [-0.39, 0.29) is 5.60 Å². The van der Waals surface area contributed by atoms with Crippen LogP contribution in [0.15, 0.2) is 53.9 Å². The van der Waals surface area contributed by atoms with Crippen molar-refractivity contribution in [3.05, 3.63) is 86.9 Å². The molecular formula is C24H23F2N3O2S. The smallest absolute Gasteiger partial charge is 0.159 e. The number of thiophene rings is 1. The number of rotatable bonds is 5. The van der Waals surface area contributed by atoms with Gasteiger partial charge in [-0.1, -0.05) is 5.16 Å². The van der Waals surface area contributed by atoms with E-state index in [9.17, 15) is 8.78 Å². The third-order valence-corrected chi connectivity index (χ3v) is 7.30. The second kappa shape index (κ2) is 8.69. The van der Waals surface area contributed by atoms with Crippen molar-refractivity contribution in [2.24, 2.45) is 5.16 Å². The third-order valence-electron chi connectivity index (χ3n) is 6.22. The molecule has 1 aromatic carbocycles. The Labute approximate surface area is 189 Å². The highest BCUT2D eigenvalue weighted by molar-refractivity contribution is 7.14. The molecule has 0 aliphatic carbocycles.